The predicted octanol–water partition coefficient (Wildman–Crippen LogP) is 4.47. The van der Waals surface area contributed by atoms with Crippen LogP contribution in [0.3, 0.4) is 0 Å². The molecule has 1 aliphatic rings. The number of nitrogens with one attached hydrogen (secondary N) is 2. The lowest BCUT2D eigenvalue weighted by atomic mass is 10.1. The smallest absolute Gasteiger partial charge is 0.274 e. The molecule has 2 N–H and O–H groups in total. The Balaban J connectivity index is 1.50. The van der Waals surface area contributed by atoms with Crippen molar-refractivity contribution in [3.05, 3.63) is 71.5 Å². The van der Waals surface area contributed by atoms with Gasteiger partial charge in [-0.3, -0.25) is 9.78 Å². The van der Waals surface area contributed by atoms with Crippen molar-refractivity contribution >= 4 is 23.0 Å². The molecule has 1 aromatic heterocycles. The maximum Gasteiger partial charge on any atom is 0.274 e. The Morgan fingerprint density at radius 3 is 2.36 bits per heavy atom. The van der Waals surface area contributed by atoms with Crippen LogP contribution in [0.15, 0.2) is 54.7 Å². The lowest BCUT2D eigenvalue weighted by Gasteiger charge is -2.19. The average molecular weight is 375 g/mol. The van der Waals surface area contributed by atoms with Gasteiger partial charge in [-0.05, 0) is 61.4 Å². The van der Waals surface area contributed by atoms with E-state index >= 15 is 0 Å². The number of pyridine rings is 1. The number of carbonyl (C=O) groups is 1. The van der Waals surface area contributed by atoms with Gasteiger partial charge in [-0.1, -0.05) is 6.07 Å². The molecule has 0 radical (unpaired) electrons. The quantitative estimate of drug-likeness (QED) is 0.704. The second-order valence-corrected chi connectivity index (χ2v) is 6.74. The summed E-state index contributed by atoms with van der Waals surface area (Å²) in [7, 11) is 0. The van der Waals surface area contributed by atoms with Crippen LogP contribution < -0.4 is 20.1 Å². The van der Waals surface area contributed by atoms with E-state index in [1.54, 1.807) is 12.3 Å². The van der Waals surface area contributed by atoms with E-state index < -0.39 is 0 Å². The van der Waals surface area contributed by atoms with Crippen LogP contribution in [-0.4, -0.2) is 24.1 Å². The van der Waals surface area contributed by atoms with Gasteiger partial charge in [0.1, 0.15) is 18.9 Å². The lowest BCUT2D eigenvalue weighted by Crippen LogP contribution is -2.15. The van der Waals surface area contributed by atoms with Gasteiger partial charge in [-0.25, -0.2) is 0 Å². The molecule has 1 amide bonds. The number of carbonyl (C=O) groups excluding carboxylic acids is 1. The Morgan fingerprint density at radius 2 is 1.57 bits per heavy atom. The molecule has 142 valence electrons. The van der Waals surface area contributed by atoms with E-state index in [1.807, 2.05) is 50.2 Å². The van der Waals surface area contributed by atoms with Gasteiger partial charge in [0.05, 0.1) is 0 Å². The molecule has 0 unspecified atom stereocenters. The third-order valence-corrected chi connectivity index (χ3v) is 4.30. The number of fused-ring (bicyclic) bond motifs is 1. The second-order valence-electron chi connectivity index (χ2n) is 6.74. The molecular formula is C22H21N3O3. The van der Waals surface area contributed by atoms with Crippen LogP contribution in [0.5, 0.6) is 11.5 Å². The third-order valence-electron chi connectivity index (χ3n) is 4.30. The summed E-state index contributed by atoms with van der Waals surface area (Å²) in [6.45, 7) is 5.09. The molecule has 2 heterocycles. The third kappa shape index (κ3) is 4.06. The maximum absolute atomic E-state index is 12.6. The summed E-state index contributed by atoms with van der Waals surface area (Å²) >= 11 is 0. The molecule has 1 aliphatic heterocycles. The Bertz CT molecular complexity index is 1010. The minimum absolute atomic E-state index is 0.254. The van der Waals surface area contributed by atoms with E-state index in [1.165, 1.54) is 0 Å². The van der Waals surface area contributed by atoms with Gasteiger partial charge in [-0.15, -0.1) is 0 Å². The number of amides is 1. The second kappa shape index (κ2) is 7.60. The zero-order valence-electron chi connectivity index (χ0n) is 15.8. The van der Waals surface area contributed by atoms with Crippen molar-refractivity contribution in [1.82, 2.24) is 4.98 Å². The first-order valence-corrected chi connectivity index (χ1v) is 9.09. The summed E-state index contributed by atoms with van der Waals surface area (Å²) in [4.78, 5) is 16.8. The summed E-state index contributed by atoms with van der Waals surface area (Å²) in [5.41, 5.74) is 4.89. The highest BCUT2D eigenvalue weighted by molar-refractivity contribution is 6.03. The molecule has 0 saturated heterocycles. The van der Waals surface area contributed by atoms with E-state index in [-0.39, 0.29) is 5.91 Å². The van der Waals surface area contributed by atoms with Crippen molar-refractivity contribution in [1.29, 1.82) is 0 Å². The standard InChI is InChI=1S/C22H21N3O3/c1-14-9-15(2)11-18(10-14)25-22(26)19-12-17(5-6-23-19)24-16-3-4-20-21(13-16)28-8-7-27-20/h3-6,9-13H,7-8H2,1-2H3,(H,23,24)(H,25,26). The van der Waals surface area contributed by atoms with Crippen molar-refractivity contribution in [2.24, 2.45) is 0 Å². The van der Waals surface area contributed by atoms with Gasteiger partial charge < -0.3 is 20.1 Å². The van der Waals surface area contributed by atoms with E-state index in [9.17, 15) is 4.79 Å². The number of benzene rings is 2. The maximum atomic E-state index is 12.6. The lowest BCUT2D eigenvalue weighted by molar-refractivity contribution is 0.102. The minimum atomic E-state index is -0.254. The fourth-order valence-corrected chi connectivity index (χ4v) is 3.16. The topological polar surface area (TPSA) is 72.5 Å². The van der Waals surface area contributed by atoms with E-state index in [0.29, 0.717) is 24.7 Å². The molecule has 4 rings (SSSR count). The van der Waals surface area contributed by atoms with Crippen molar-refractivity contribution < 1.29 is 14.3 Å². The number of ether oxygens (including phenoxy) is 2. The van der Waals surface area contributed by atoms with Crippen LogP contribution in [0.25, 0.3) is 0 Å². The van der Waals surface area contributed by atoms with Crippen molar-refractivity contribution in [3.8, 4) is 11.5 Å². The summed E-state index contributed by atoms with van der Waals surface area (Å²) in [6.07, 6.45) is 1.61. The van der Waals surface area contributed by atoms with Gasteiger partial charge in [0.15, 0.2) is 11.5 Å². The number of rotatable bonds is 4. The summed E-state index contributed by atoms with van der Waals surface area (Å²) in [5.74, 6) is 1.19. The molecule has 3 aromatic rings. The van der Waals surface area contributed by atoms with Crippen molar-refractivity contribution in [2.45, 2.75) is 13.8 Å². The predicted molar refractivity (Wildman–Crippen MR) is 109 cm³/mol. The SMILES string of the molecule is Cc1cc(C)cc(NC(=O)c2cc(Nc3ccc4c(c3)OCCO4)ccn2)c1. The molecule has 0 bridgehead atoms. The van der Waals surface area contributed by atoms with Crippen LogP contribution in [-0.2, 0) is 0 Å². The number of aromatic nitrogens is 1. The van der Waals surface area contributed by atoms with Crippen LogP contribution in [0, 0.1) is 13.8 Å². The first-order chi connectivity index (χ1) is 13.6. The molecule has 0 fully saturated rings. The molecular weight excluding hydrogens is 354 g/mol. The van der Waals surface area contributed by atoms with Crippen molar-refractivity contribution in [3.63, 3.8) is 0 Å². The van der Waals surface area contributed by atoms with Crippen LogP contribution in [0.2, 0.25) is 0 Å². The average Bonchev–Trinajstić information content (AvgIpc) is 2.67. The Morgan fingerprint density at radius 1 is 0.857 bits per heavy atom. The van der Waals surface area contributed by atoms with Gasteiger partial charge in [0.2, 0.25) is 0 Å². The monoisotopic (exact) mass is 375 g/mol. The molecule has 28 heavy (non-hydrogen) atoms. The van der Waals surface area contributed by atoms with E-state index in [2.05, 4.69) is 21.7 Å². The molecule has 6 nitrogen and oxygen atoms in total. The zero-order chi connectivity index (χ0) is 19.5. The van der Waals surface area contributed by atoms with E-state index in [0.717, 1.165) is 33.9 Å². The van der Waals surface area contributed by atoms with Gasteiger partial charge >= 0.3 is 0 Å². The Kier molecular flexibility index (Phi) is 4.85. The van der Waals surface area contributed by atoms with Crippen LogP contribution >= 0.6 is 0 Å². The molecule has 0 aliphatic carbocycles. The van der Waals surface area contributed by atoms with Gasteiger partial charge in [0.25, 0.3) is 5.91 Å². The first kappa shape index (κ1) is 17.9. The minimum Gasteiger partial charge on any atom is -0.486 e. The highest BCUT2D eigenvalue weighted by Crippen LogP contribution is 2.33. The number of nitrogens with zero attached hydrogens (tertiary/aromatic N) is 1. The number of hydrogen-bond acceptors (Lipinski definition) is 5. The van der Waals surface area contributed by atoms with E-state index in [4.69, 9.17) is 9.47 Å². The summed E-state index contributed by atoms with van der Waals surface area (Å²) in [6, 6.07) is 15.1. The fraction of sp³-hybridized carbons (Fsp3) is 0.182. The molecule has 0 saturated carbocycles. The van der Waals surface area contributed by atoms with Gasteiger partial charge in [0, 0.05) is 29.3 Å². The van der Waals surface area contributed by atoms with Crippen LogP contribution in [0.1, 0.15) is 21.6 Å². The number of anilines is 3. The van der Waals surface area contributed by atoms with Crippen molar-refractivity contribution in [2.75, 3.05) is 23.8 Å². The molecule has 0 atom stereocenters. The summed E-state index contributed by atoms with van der Waals surface area (Å²) < 4.78 is 11.1. The largest absolute Gasteiger partial charge is 0.486 e. The fourth-order valence-electron chi connectivity index (χ4n) is 3.16. The number of hydrogen-bond donors (Lipinski definition) is 2. The Hall–Kier alpha value is -3.54. The molecule has 2 aromatic carbocycles. The molecule has 0 spiro atoms. The number of aryl methyl sites for hydroxylation is 2. The normalized spacial score (nSPS) is 12.4. The zero-order valence-corrected chi connectivity index (χ0v) is 15.8. The highest BCUT2D eigenvalue weighted by Gasteiger charge is 2.13. The molecule has 6 heteroatoms. The first-order valence-electron chi connectivity index (χ1n) is 9.09. The van der Waals surface area contributed by atoms with Gasteiger partial charge in [-0.2, -0.15) is 0 Å². The Labute approximate surface area is 163 Å². The highest BCUT2D eigenvalue weighted by atomic mass is 16.6. The van der Waals surface area contributed by atoms with Crippen LogP contribution in [0.4, 0.5) is 17.1 Å². The summed E-state index contributed by atoms with van der Waals surface area (Å²) in [5, 5.41) is 6.18.